The molecule has 1 aromatic heterocycles. The van der Waals surface area contributed by atoms with Crippen molar-refractivity contribution in [2.45, 2.75) is 42.9 Å². The van der Waals surface area contributed by atoms with E-state index in [-0.39, 0.29) is 18.9 Å². The minimum absolute atomic E-state index is 0. The number of carbonyl (C=O) groups excluding carboxylic acids is 1. The third-order valence-corrected chi connectivity index (χ3v) is 7.14. The van der Waals surface area contributed by atoms with E-state index in [0.717, 1.165) is 45.3 Å². The van der Waals surface area contributed by atoms with Crippen LogP contribution in [0, 0.1) is 0 Å². The third-order valence-electron chi connectivity index (χ3n) is 5.97. The van der Waals surface area contributed by atoms with E-state index >= 15 is 0 Å². The molecular formula is C23H20LiNO4S. The Balaban J connectivity index is 0.00000218. The maximum atomic E-state index is 13.2. The Bertz CT molecular complexity index is 1200. The summed E-state index contributed by atoms with van der Waals surface area (Å²) < 4.78 is 1.35. The number of aromatic nitrogens is 1. The van der Waals surface area contributed by atoms with Gasteiger partial charge in [-0.15, -0.1) is 11.8 Å². The number of aliphatic carboxylic acids is 1. The van der Waals surface area contributed by atoms with E-state index in [9.17, 15) is 19.8 Å². The van der Waals surface area contributed by atoms with Crippen molar-refractivity contribution >= 4 is 28.5 Å². The van der Waals surface area contributed by atoms with Gasteiger partial charge in [-0.25, -0.2) is 0 Å². The van der Waals surface area contributed by atoms with Crippen LogP contribution >= 0.6 is 11.8 Å². The maximum Gasteiger partial charge on any atom is 1.00 e. The minimum Gasteiger partial charge on any atom is -0.548 e. The van der Waals surface area contributed by atoms with E-state index in [1.54, 1.807) is 0 Å². The number of aliphatic hydroxyl groups excluding tert-OH is 1. The second-order valence-corrected chi connectivity index (χ2v) is 8.75. The van der Waals surface area contributed by atoms with Crippen molar-refractivity contribution in [3.05, 3.63) is 75.1 Å². The molecule has 0 amide bonds. The van der Waals surface area contributed by atoms with E-state index in [0.29, 0.717) is 23.7 Å². The monoisotopic (exact) mass is 413 g/mol. The molecule has 1 aliphatic carbocycles. The van der Waals surface area contributed by atoms with Crippen LogP contribution in [0.15, 0.2) is 52.3 Å². The molecule has 7 heteroatoms. The summed E-state index contributed by atoms with van der Waals surface area (Å²) in [4.78, 5) is 24.8. The molecule has 1 fully saturated rings. The number of hydrogen-bond donors (Lipinski definition) is 1. The number of carboxylic acid groups (broad SMARTS) is 1. The first-order chi connectivity index (χ1) is 14.1. The summed E-state index contributed by atoms with van der Waals surface area (Å²) in [6.07, 6.45) is 2.59. The molecule has 30 heavy (non-hydrogen) atoms. The van der Waals surface area contributed by atoms with E-state index < -0.39 is 24.2 Å². The van der Waals surface area contributed by atoms with Gasteiger partial charge in [0.05, 0.1) is 23.6 Å². The van der Waals surface area contributed by atoms with Crippen molar-refractivity contribution in [2.75, 3.05) is 5.75 Å². The predicted molar refractivity (Wildman–Crippen MR) is 110 cm³/mol. The molecule has 0 unspecified atom stereocenters. The number of benzene rings is 2. The molecule has 5 nitrogen and oxygen atoms in total. The Kier molecular flexibility index (Phi) is 5.87. The number of carboxylic acids is 1. The summed E-state index contributed by atoms with van der Waals surface area (Å²) in [7, 11) is 0. The molecule has 1 atom stereocenters. The zero-order chi connectivity index (χ0) is 20.1. The summed E-state index contributed by atoms with van der Waals surface area (Å²) in [5.74, 6) is -0.634. The van der Waals surface area contributed by atoms with Crippen molar-refractivity contribution in [1.82, 2.24) is 4.57 Å². The topological polar surface area (TPSA) is 82.4 Å². The largest absolute Gasteiger partial charge is 1.00 e. The molecule has 148 valence electrons. The first kappa shape index (κ1) is 21.3. The van der Waals surface area contributed by atoms with E-state index in [2.05, 4.69) is 24.3 Å². The Morgan fingerprint density at radius 3 is 2.57 bits per heavy atom. The average Bonchev–Trinajstić information content (AvgIpc) is 3.45. The zero-order valence-corrected chi connectivity index (χ0v) is 17.6. The molecule has 1 N–H and O–H groups in total. The average molecular weight is 413 g/mol. The smallest absolute Gasteiger partial charge is 0.548 e. The second kappa shape index (κ2) is 8.28. The summed E-state index contributed by atoms with van der Waals surface area (Å²) in [6.45, 7) is -0.399. The summed E-state index contributed by atoms with van der Waals surface area (Å²) in [6, 6.07) is 13.3. The first-order valence-corrected chi connectivity index (χ1v) is 10.8. The van der Waals surface area contributed by atoms with E-state index in [4.69, 9.17) is 0 Å². The van der Waals surface area contributed by atoms with Gasteiger partial charge in [0.2, 0.25) is 0 Å². The number of fused-ring (bicyclic) bond motifs is 2. The predicted octanol–water partition coefficient (Wildman–Crippen LogP) is -0.637. The number of aliphatic hydroxyl groups is 1. The van der Waals surface area contributed by atoms with Crippen LogP contribution in [0.5, 0.6) is 0 Å². The molecule has 1 aliphatic heterocycles. The number of rotatable bonds is 5. The number of thioether (sulfide) groups is 1. The molecule has 2 heterocycles. The quantitative estimate of drug-likeness (QED) is 0.563. The van der Waals surface area contributed by atoms with Crippen LogP contribution in [0.1, 0.15) is 47.1 Å². The van der Waals surface area contributed by atoms with Crippen molar-refractivity contribution in [3.8, 4) is 0 Å². The van der Waals surface area contributed by atoms with Crippen LogP contribution in [0.4, 0.5) is 0 Å². The summed E-state index contributed by atoms with van der Waals surface area (Å²) in [5.41, 5.74) is 2.94. The summed E-state index contributed by atoms with van der Waals surface area (Å²) >= 11 is 1.42. The fourth-order valence-electron chi connectivity index (χ4n) is 4.42. The van der Waals surface area contributed by atoms with Gasteiger partial charge in [-0.1, -0.05) is 42.5 Å². The number of pyridine rings is 1. The first-order valence-electron chi connectivity index (χ1n) is 9.81. The molecule has 2 aromatic carbocycles. The maximum absolute atomic E-state index is 13.2. The molecular weight excluding hydrogens is 393 g/mol. The molecule has 2 aliphatic rings. The van der Waals surface area contributed by atoms with Crippen LogP contribution in [0.3, 0.4) is 0 Å². The van der Waals surface area contributed by atoms with Crippen LogP contribution < -0.4 is 29.5 Å². The Labute approximate surface area is 190 Å². The van der Waals surface area contributed by atoms with Gasteiger partial charge in [-0.3, -0.25) is 9.36 Å². The standard InChI is InChI=1S/C23H21NO4S.Li/c25-11-18-17(10-15-6-3-5-13-4-1-2-7-16(13)15)20(14-8-9-14)22-24(21(18)26)19(12-29-22)23(27)28;/h1-7,14,19,25H,8-12H2,(H,27,28);/q;+1/p-1/t19-;/m0./s1. The fourth-order valence-corrected chi connectivity index (χ4v) is 5.81. The van der Waals surface area contributed by atoms with Crippen molar-refractivity contribution in [1.29, 1.82) is 0 Å². The minimum atomic E-state index is -1.24. The van der Waals surface area contributed by atoms with Gasteiger partial charge in [0, 0.05) is 11.3 Å². The van der Waals surface area contributed by atoms with Gasteiger partial charge in [-0.2, -0.15) is 0 Å². The molecule has 0 radical (unpaired) electrons. The molecule has 0 saturated heterocycles. The van der Waals surface area contributed by atoms with Gasteiger partial charge in [0.1, 0.15) is 0 Å². The Morgan fingerprint density at radius 1 is 1.13 bits per heavy atom. The van der Waals surface area contributed by atoms with Gasteiger partial charge < -0.3 is 15.0 Å². The SMILES string of the molecule is O=C([O-])[C@@H]1CSc2c(C3CC3)c(Cc3cccc4ccccc34)c(CO)c(=O)n21.[Li+]. The zero-order valence-electron chi connectivity index (χ0n) is 16.8. The molecule has 0 bridgehead atoms. The van der Waals surface area contributed by atoms with Crippen molar-refractivity contribution in [2.24, 2.45) is 0 Å². The van der Waals surface area contributed by atoms with Gasteiger partial charge in [0.25, 0.3) is 5.56 Å². The Hall–Kier alpha value is -1.97. The van der Waals surface area contributed by atoms with Crippen molar-refractivity contribution < 1.29 is 33.9 Å². The van der Waals surface area contributed by atoms with E-state index in [1.807, 2.05) is 18.2 Å². The molecule has 3 aromatic rings. The molecule has 0 spiro atoms. The number of nitrogens with zero attached hydrogens (tertiary/aromatic N) is 1. The van der Waals surface area contributed by atoms with Gasteiger partial charge in [-0.05, 0) is 52.6 Å². The third kappa shape index (κ3) is 3.42. The van der Waals surface area contributed by atoms with Gasteiger partial charge in [0.15, 0.2) is 0 Å². The van der Waals surface area contributed by atoms with Crippen molar-refractivity contribution in [3.63, 3.8) is 0 Å². The number of carbonyl (C=O) groups is 1. The second-order valence-electron chi connectivity index (χ2n) is 7.74. The van der Waals surface area contributed by atoms with Crippen LogP contribution in [-0.4, -0.2) is 21.4 Å². The molecule has 5 rings (SSSR count). The van der Waals surface area contributed by atoms with Crippen LogP contribution in [0.2, 0.25) is 0 Å². The van der Waals surface area contributed by atoms with Crippen LogP contribution in [-0.2, 0) is 17.8 Å². The number of hydrogen-bond acceptors (Lipinski definition) is 5. The van der Waals surface area contributed by atoms with E-state index in [1.165, 1.54) is 16.3 Å². The Morgan fingerprint density at radius 2 is 1.87 bits per heavy atom. The summed E-state index contributed by atoms with van der Waals surface area (Å²) in [5, 5.41) is 24.7. The van der Waals surface area contributed by atoms with Gasteiger partial charge >= 0.3 is 18.9 Å². The fraction of sp³-hybridized carbons (Fsp3) is 0.304. The van der Waals surface area contributed by atoms with Crippen LogP contribution in [0.25, 0.3) is 10.8 Å². The normalized spacial score (nSPS) is 17.6. The molecule has 1 saturated carbocycles.